The molecule has 4 rings (SSSR count). The summed E-state index contributed by atoms with van der Waals surface area (Å²) in [5.74, 6) is 0. The first kappa shape index (κ1) is 11.7. The molecule has 0 bridgehead atoms. The molecule has 0 aliphatic heterocycles. The van der Waals surface area contributed by atoms with E-state index >= 15 is 0 Å². The molecule has 0 saturated carbocycles. The standard InChI is InChI=1S/C15H15FN4/c1-20-7-8(6-18-20)14-5-11-10-4-12(16)15(17)9(10)2-3-13(11)19-14/h2-3,5-7,12,15,19H,4,17H2,1H3/t12-,15+/m1/s1. The second kappa shape index (κ2) is 3.93. The van der Waals surface area contributed by atoms with Crippen LogP contribution in [0.5, 0.6) is 0 Å². The number of aryl methyl sites for hydroxylation is 1. The highest BCUT2D eigenvalue weighted by molar-refractivity contribution is 5.90. The molecule has 0 fully saturated rings. The van der Waals surface area contributed by atoms with Gasteiger partial charge in [0.05, 0.1) is 12.2 Å². The number of aromatic nitrogens is 3. The number of halogens is 1. The minimum atomic E-state index is -0.979. The second-order valence-corrected chi connectivity index (χ2v) is 5.43. The Hall–Kier alpha value is -2.14. The van der Waals surface area contributed by atoms with Gasteiger partial charge >= 0.3 is 0 Å². The number of hydrogen-bond acceptors (Lipinski definition) is 2. The van der Waals surface area contributed by atoms with E-state index in [0.29, 0.717) is 6.42 Å². The zero-order valence-electron chi connectivity index (χ0n) is 11.1. The van der Waals surface area contributed by atoms with Crippen LogP contribution >= 0.6 is 0 Å². The summed E-state index contributed by atoms with van der Waals surface area (Å²) in [6.45, 7) is 0. The highest BCUT2D eigenvalue weighted by atomic mass is 19.1. The minimum Gasteiger partial charge on any atom is -0.354 e. The van der Waals surface area contributed by atoms with Gasteiger partial charge in [-0.15, -0.1) is 0 Å². The highest BCUT2D eigenvalue weighted by Gasteiger charge is 2.31. The number of fused-ring (bicyclic) bond motifs is 3. The molecular weight excluding hydrogens is 255 g/mol. The van der Waals surface area contributed by atoms with Crippen LogP contribution in [-0.2, 0) is 13.5 Å². The molecule has 0 amide bonds. The predicted molar refractivity (Wildman–Crippen MR) is 76.0 cm³/mol. The van der Waals surface area contributed by atoms with Gasteiger partial charge in [-0.3, -0.25) is 4.68 Å². The third-order valence-electron chi connectivity index (χ3n) is 4.12. The minimum absolute atomic E-state index is 0.401. The molecule has 3 N–H and O–H groups in total. The maximum absolute atomic E-state index is 13.8. The van der Waals surface area contributed by atoms with Crippen molar-refractivity contribution >= 4 is 10.9 Å². The monoisotopic (exact) mass is 270 g/mol. The number of nitrogens with zero attached hydrogens (tertiary/aromatic N) is 2. The molecule has 1 aliphatic rings. The number of H-pyrrole nitrogens is 1. The first-order chi connectivity index (χ1) is 9.63. The van der Waals surface area contributed by atoms with Crippen LogP contribution in [0.25, 0.3) is 22.2 Å². The van der Waals surface area contributed by atoms with Crippen molar-refractivity contribution in [2.45, 2.75) is 18.6 Å². The van der Waals surface area contributed by atoms with Gasteiger partial charge in [0.1, 0.15) is 6.17 Å². The van der Waals surface area contributed by atoms with Crippen molar-refractivity contribution in [3.63, 3.8) is 0 Å². The third-order valence-corrected chi connectivity index (χ3v) is 4.12. The molecule has 3 aromatic rings. The molecule has 20 heavy (non-hydrogen) atoms. The summed E-state index contributed by atoms with van der Waals surface area (Å²) >= 11 is 0. The Morgan fingerprint density at radius 3 is 3.05 bits per heavy atom. The Labute approximate surface area is 115 Å². The van der Waals surface area contributed by atoms with Gasteiger partial charge < -0.3 is 10.7 Å². The maximum atomic E-state index is 13.8. The molecule has 0 saturated heterocycles. The molecule has 0 spiro atoms. The summed E-state index contributed by atoms with van der Waals surface area (Å²) in [5.41, 5.74) is 10.9. The topological polar surface area (TPSA) is 59.6 Å². The number of hydrogen-bond donors (Lipinski definition) is 2. The molecule has 1 aromatic carbocycles. The van der Waals surface area contributed by atoms with Crippen molar-refractivity contribution in [3.05, 3.63) is 41.7 Å². The Morgan fingerprint density at radius 1 is 1.45 bits per heavy atom. The molecule has 1 aliphatic carbocycles. The van der Waals surface area contributed by atoms with Gasteiger partial charge in [-0.1, -0.05) is 6.07 Å². The Bertz CT molecular complexity index is 801. The molecule has 2 heterocycles. The van der Waals surface area contributed by atoms with Crippen molar-refractivity contribution in [2.75, 3.05) is 0 Å². The van der Waals surface area contributed by atoms with Crippen LogP contribution in [0.3, 0.4) is 0 Å². The van der Waals surface area contributed by atoms with Crippen molar-refractivity contribution in [1.29, 1.82) is 0 Å². The van der Waals surface area contributed by atoms with E-state index < -0.39 is 12.2 Å². The third kappa shape index (κ3) is 1.53. The van der Waals surface area contributed by atoms with Gasteiger partial charge in [-0.2, -0.15) is 5.10 Å². The highest BCUT2D eigenvalue weighted by Crippen LogP contribution is 2.37. The van der Waals surface area contributed by atoms with Crippen LogP contribution in [0.15, 0.2) is 30.6 Å². The first-order valence-electron chi connectivity index (χ1n) is 6.66. The molecule has 0 unspecified atom stereocenters. The summed E-state index contributed by atoms with van der Waals surface area (Å²) in [6, 6.07) is 5.49. The fourth-order valence-corrected chi connectivity index (χ4v) is 3.05. The smallest absolute Gasteiger partial charge is 0.123 e. The van der Waals surface area contributed by atoms with Gasteiger partial charge in [-0.25, -0.2) is 4.39 Å². The number of nitrogens with one attached hydrogen (secondary N) is 1. The van der Waals surface area contributed by atoms with E-state index in [1.54, 1.807) is 4.68 Å². The molecule has 4 nitrogen and oxygen atoms in total. The van der Waals surface area contributed by atoms with Crippen LogP contribution in [0.2, 0.25) is 0 Å². The average Bonchev–Trinajstić information content (AvgIpc) is 3.09. The fraction of sp³-hybridized carbons (Fsp3) is 0.267. The van der Waals surface area contributed by atoms with Gasteiger partial charge in [0.25, 0.3) is 0 Å². The molecule has 102 valence electrons. The number of nitrogens with two attached hydrogens (primary N) is 1. The van der Waals surface area contributed by atoms with Crippen molar-refractivity contribution in [2.24, 2.45) is 12.8 Å². The SMILES string of the molecule is Cn1cc(-c2cc3c4c(ccc3[nH]2)[C@H](N)[C@H](F)C4)cn1. The van der Waals surface area contributed by atoms with E-state index in [1.807, 2.05) is 31.6 Å². The van der Waals surface area contributed by atoms with Crippen molar-refractivity contribution in [3.8, 4) is 11.3 Å². The lowest BCUT2D eigenvalue weighted by Gasteiger charge is -2.06. The van der Waals surface area contributed by atoms with Gasteiger partial charge in [0.15, 0.2) is 0 Å². The van der Waals surface area contributed by atoms with Crippen LogP contribution < -0.4 is 5.73 Å². The normalized spacial score (nSPS) is 21.6. The van der Waals surface area contributed by atoms with E-state index in [1.165, 1.54) is 0 Å². The van der Waals surface area contributed by atoms with Crippen LogP contribution in [-0.4, -0.2) is 20.9 Å². The van der Waals surface area contributed by atoms with E-state index in [9.17, 15) is 4.39 Å². The molecule has 5 heteroatoms. The fourth-order valence-electron chi connectivity index (χ4n) is 3.05. The number of aromatic amines is 1. The summed E-state index contributed by atoms with van der Waals surface area (Å²) in [7, 11) is 1.89. The van der Waals surface area contributed by atoms with E-state index in [0.717, 1.165) is 33.3 Å². The van der Waals surface area contributed by atoms with Crippen LogP contribution in [0, 0.1) is 0 Å². The predicted octanol–water partition coefficient (Wildman–Crippen LogP) is 2.46. The van der Waals surface area contributed by atoms with E-state index in [2.05, 4.69) is 16.1 Å². The first-order valence-corrected chi connectivity index (χ1v) is 6.66. The Balaban J connectivity index is 1.91. The zero-order valence-corrected chi connectivity index (χ0v) is 11.1. The lowest BCUT2D eigenvalue weighted by atomic mass is 10.0. The van der Waals surface area contributed by atoms with E-state index in [-0.39, 0.29) is 0 Å². The molecule has 2 atom stereocenters. The second-order valence-electron chi connectivity index (χ2n) is 5.43. The van der Waals surface area contributed by atoms with Gasteiger partial charge in [-0.05, 0) is 23.3 Å². The lowest BCUT2D eigenvalue weighted by Crippen LogP contribution is -2.17. The Kier molecular flexibility index (Phi) is 2.29. The lowest BCUT2D eigenvalue weighted by molar-refractivity contribution is 0.304. The molecule has 0 radical (unpaired) electrons. The number of alkyl halides is 1. The Morgan fingerprint density at radius 2 is 2.30 bits per heavy atom. The van der Waals surface area contributed by atoms with Crippen molar-refractivity contribution < 1.29 is 4.39 Å². The summed E-state index contributed by atoms with van der Waals surface area (Å²) in [5, 5.41) is 5.24. The van der Waals surface area contributed by atoms with E-state index in [4.69, 9.17) is 5.73 Å². The average molecular weight is 270 g/mol. The quantitative estimate of drug-likeness (QED) is 0.713. The zero-order chi connectivity index (χ0) is 13.9. The summed E-state index contributed by atoms with van der Waals surface area (Å²) < 4.78 is 15.6. The number of rotatable bonds is 1. The summed E-state index contributed by atoms with van der Waals surface area (Å²) in [4.78, 5) is 3.37. The summed E-state index contributed by atoms with van der Waals surface area (Å²) in [6.07, 6.45) is 3.19. The van der Waals surface area contributed by atoms with Crippen LogP contribution in [0.4, 0.5) is 4.39 Å². The molecule has 2 aromatic heterocycles. The number of benzene rings is 1. The molecular formula is C15H15FN4. The largest absolute Gasteiger partial charge is 0.354 e. The maximum Gasteiger partial charge on any atom is 0.123 e. The van der Waals surface area contributed by atoms with Crippen molar-refractivity contribution in [1.82, 2.24) is 14.8 Å². The van der Waals surface area contributed by atoms with Gasteiger partial charge in [0, 0.05) is 41.8 Å². The van der Waals surface area contributed by atoms with Gasteiger partial charge in [0.2, 0.25) is 0 Å². The van der Waals surface area contributed by atoms with Crippen LogP contribution in [0.1, 0.15) is 17.2 Å².